The number of likely N-dealkylation sites (tertiary alicyclic amines) is 1. The zero-order valence-corrected chi connectivity index (χ0v) is 10.5. The molecule has 0 radical (unpaired) electrons. The minimum atomic E-state index is -0.0167. The van der Waals surface area contributed by atoms with E-state index >= 15 is 0 Å². The molecule has 0 bridgehead atoms. The highest BCUT2D eigenvalue weighted by atomic mass is 16.2. The van der Waals surface area contributed by atoms with Gasteiger partial charge >= 0.3 is 0 Å². The van der Waals surface area contributed by atoms with E-state index in [1.165, 1.54) is 0 Å². The lowest BCUT2D eigenvalue weighted by atomic mass is 10.1. The Labute approximate surface area is 101 Å². The molecule has 1 amide bonds. The van der Waals surface area contributed by atoms with Crippen molar-refractivity contribution in [2.45, 2.75) is 26.3 Å². The van der Waals surface area contributed by atoms with Crippen molar-refractivity contribution < 1.29 is 4.79 Å². The molecule has 1 aliphatic heterocycles. The predicted molar refractivity (Wildman–Crippen MR) is 65.9 cm³/mol. The number of anilines is 1. The van der Waals surface area contributed by atoms with Crippen LogP contribution in [0.2, 0.25) is 0 Å². The summed E-state index contributed by atoms with van der Waals surface area (Å²) < 4.78 is 0. The average Bonchev–Trinajstić information content (AvgIpc) is 2.68. The molecular weight excluding hydrogens is 216 g/mol. The fraction of sp³-hybridized carbons (Fsp3) is 0.583. The number of nitrogens with zero attached hydrogens (tertiary/aromatic N) is 3. The number of amides is 1. The first kappa shape index (κ1) is 11.8. The summed E-state index contributed by atoms with van der Waals surface area (Å²) in [6.45, 7) is 5.06. The van der Waals surface area contributed by atoms with Crippen LogP contribution >= 0.6 is 0 Å². The van der Waals surface area contributed by atoms with Gasteiger partial charge in [0, 0.05) is 19.6 Å². The van der Waals surface area contributed by atoms with Gasteiger partial charge in [0.15, 0.2) is 5.69 Å². The van der Waals surface area contributed by atoms with E-state index in [4.69, 9.17) is 0 Å². The summed E-state index contributed by atoms with van der Waals surface area (Å²) in [7, 11) is 1.77. The minimum absolute atomic E-state index is 0.0167. The van der Waals surface area contributed by atoms with Gasteiger partial charge in [-0.05, 0) is 31.4 Å². The molecule has 92 valence electrons. The van der Waals surface area contributed by atoms with E-state index in [1.54, 1.807) is 19.2 Å². The van der Waals surface area contributed by atoms with Crippen LogP contribution in [-0.4, -0.2) is 40.6 Å². The third-order valence-electron chi connectivity index (χ3n) is 3.18. The highest BCUT2D eigenvalue weighted by Gasteiger charge is 2.31. The Bertz CT molecular complexity index is 403. The number of hydrogen-bond acceptors (Lipinski definition) is 4. The van der Waals surface area contributed by atoms with Crippen molar-refractivity contribution in [1.29, 1.82) is 0 Å². The minimum Gasteiger partial charge on any atom is -0.372 e. The standard InChI is InChI=1S/C12H18N4O/c1-8-6-9(2)16(7-8)12(17)10-4-5-11(13-3)15-14-10/h4-5,8-9H,6-7H2,1-3H3,(H,13,15). The fourth-order valence-electron chi connectivity index (χ4n) is 2.31. The maximum Gasteiger partial charge on any atom is 0.274 e. The summed E-state index contributed by atoms with van der Waals surface area (Å²) in [6, 6.07) is 3.78. The number of carbonyl (C=O) groups excluding carboxylic acids is 1. The van der Waals surface area contributed by atoms with Crippen molar-refractivity contribution in [3.05, 3.63) is 17.8 Å². The lowest BCUT2D eigenvalue weighted by Gasteiger charge is -2.20. The zero-order chi connectivity index (χ0) is 12.4. The molecule has 2 atom stereocenters. The van der Waals surface area contributed by atoms with Crippen LogP contribution in [0.5, 0.6) is 0 Å². The maximum absolute atomic E-state index is 12.2. The van der Waals surface area contributed by atoms with Gasteiger partial charge in [0.2, 0.25) is 0 Å². The van der Waals surface area contributed by atoms with Crippen molar-refractivity contribution >= 4 is 11.7 Å². The molecule has 1 fully saturated rings. The lowest BCUT2D eigenvalue weighted by Crippen LogP contribution is -2.34. The van der Waals surface area contributed by atoms with E-state index in [1.807, 2.05) is 4.90 Å². The Morgan fingerprint density at radius 3 is 2.65 bits per heavy atom. The van der Waals surface area contributed by atoms with Crippen LogP contribution < -0.4 is 5.32 Å². The Kier molecular flexibility index (Phi) is 3.26. The molecule has 2 rings (SSSR count). The van der Waals surface area contributed by atoms with Gasteiger partial charge in [-0.15, -0.1) is 10.2 Å². The Hall–Kier alpha value is -1.65. The van der Waals surface area contributed by atoms with Crippen molar-refractivity contribution in [2.75, 3.05) is 18.9 Å². The van der Waals surface area contributed by atoms with Crippen LogP contribution in [0.4, 0.5) is 5.82 Å². The summed E-state index contributed by atoms with van der Waals surface area (Å²) in [6.07, 6.45) is 1.06. The molecular formula is C12H18N4O. The van der Waals surface area contributed by atoms with Gasteiger partial charge < -0.3 is 10.2 Å². The second kappa shape index (κ2) is 4.69. The highest BCUT2D eigenvalue weighted by Crippen LogP contribution is 2.23. The topological polar surface area (TPSA) is 58.1 Å². The number of aromatic nitrogens is 2. The van der Waals surface area contributed by atoms with Gasteiger partial charge in [-0.1, -0.05) is 6.92 Å². The second-order valence-corrected chi connectivity index (χ2v) is 4.70. The number of nitrogens with one attached hydrogen (secondary N) is 1. The maximum atomic E-state index is 12.2. The van der Waals surface area contributed by atoms with Crippen LogP contribution in [0.1, 0.15) is 30.8 Å². The third-order valence-corrected chi connectivity index (χ3v) is 3.18. The third kappa shape index (κ3) is 2.38. The van der Waals surface area contributed by atoms with Gasteiger partial charge in [0.05, 0.1) is 0 Å². The van der Waals surface area contributed by atoms with E-state index < -0.39 is 0 Å². The number of rotatable bonds is 2. The average molecular weight is 234 g/mol. The van der Waals surface area contributed by atoms with Gasteiger partial charge in [0.1, 0.15) is 5.82 Å². The Balaban J connectivity index is 2.13. The summed E-state index contributed by atoms with van der Waals surface area (Å²) in [4.78, 5) is 14.1. The van der Waals surface area contributed by atoms with Crippen molar-refractivity contribution in [3.63, 3.8) is 0 Å². The van der Waals surface area contributed by atoms with Gasteiger partial charge in [-0.3, -0.25) is 4.79 Å². The second-order valence-electron chi connectivity index (χ2n) is 4.70. The van der Waals surface area contributed by atoms with Crippen molar-refractivity contribution in [3.8, 4) is 0 Å². The molecule has 2 unspecified atom stereocenters. The summed E-state index contributed by atoms with van der Waals surface area (Å²) in [5, 5.41) is 10.8. The smallest absolute Gasteiger partial charge is 0.274 e. The molecule has 1 N–H and O–H groups in total. The highest BCUT2D eigenvalue weighted by molar-refractivity contribution is 5.92. The first-order valence-electron chi connectivity index (χ1n) is 5.94. The summed E-state index contributed by atoms with van der Waals surface area (Å²) in [5.41, 5.74) is 0.421. The molecule has 1 aromatic heterocycles. The Morgan fingerprint density at radius 1 is 1.41 bits per heavy atom. The number of carbonyl (C=O) groups is 1. The van der Waals surface area contributed by atoms with Crippen molar-refractivity contribution in [1.82, 2.24) is 15.1 Å². The van der Waals surface area contributed by atoms with Crippen LogP contribution in [0.3, 0.4) is 0 Å². The zero-order valence-electron chi connectivity index (χ0n) is 10.5. The normalized spacial score (nSPS) is 23.8. The van der Waals surface area contributed by atoms with E-state index in [-0.39, 0.29) is 5.91 Å². The SMILES string of the molecule is CNc1ccc(C(=O)N2CC(C)CC2C)nn1. The quantitative estimate of drug-likeness (QED) is 0.840. The van der Waals surface area contributed by atoms with E-state index in [0.717, 1.165) is 13.0 Å². The molecule has 2 heterocycles. The lowest BCUT2D eigenvalue weighted by molar-refractivity contribution is 0.0736. The summed E-state index contributed by atoms with van der Waals surface area (Å²) in [5.74, 6) is 1.22. The van der Waals surface area contributed by atoms with Crippen LogP contribution in [0.25, 0.3) is 0 Å². The van der Waals surface area contributed by atoms with E-state index in [9.17, 15) is 4.79 Å². The van der Waals surface area contributed by atoms with E-state index in [2.05, 4.69) is 29.4 Å². The van der Waals surface area contributed by atoms with E-state index in [0.29, 0.717) is 23.5 Å². The molecule has 0 spiro atoms. The molecule has 0 saturated carbocycles. The van der Waals surface area contributed by atoms with Crippen LogP contribution in [0, 0.1) is 5.92 Å². The largest absolute Gasteiger partial charge is 0.372 e. The van der Waals surface area contributed by atoms with Gasteiger partial charge in [-0.25, -0.2) is 0 Å². The molecule has 1 aromatic rings. The van der Waals surface area contributed by atoms with Gasteiger partial charge in [-0.2, -0.15) is 0 Å². The predicted octanol–water partition coefficient (Wildman–Crippen LogP) is 1.39. The van der Waals surface area contributed by atoms with Crippen LogP contribution in [-0.2, 0) is 0 Å². The van der Waals surface area contributed by atoms with Crippen molar-refractivity contribution in [2.24, 2.45) is 5.92 Å². The molecule has 5 heteroatoms. The van der Waals surface area contributed by atoms with Gasteiger partial charge in [0.25, 0.3) is 5.91 Å². The first-order valence-corrected chi connectivity index (χ1v) is 5.94. The molecule has 0 aromatic carbocycles. The molecule has 1 saturated heterocycles. The molecule has 0 aliphatic carbocycles. The molecule has 17 heavy (non-hydrogen) atoms. The fourth-order valence-corrected chi connectivity index (χ4v) is 2.31. The molecule has 1 aliphatic rings. The Morgan fingerprint density at radius 2 is 2.18 bits per heavy atom. The first-order chi connectivity index (χ1) is 8.11. The van der Waals surface area contributed by atoms with Crippen LogP contribution in [0.15, 0.2) is 12.1 Å². The number of hydrogen-bond donors (Lipinski definition) is 1. The monoisotopic (exact) mass is 234 g/mol. The molecule has 5 nitrogen and oxygen atoms in total. The summed E-state index contributed by atoms with van der Waals surface area (Å²) >= 11 is 0.